The van der Waals surface area contributed by atoms with E-state index in [0.29, 0.717) is 0 Å². The average Bonchev–Trinajstić information content (AvgIpc) is 1.60. The van der Waals surface area contributed by atoms with Crippen LogP contribution in [0.15, 0.2) is 0 Å². The van der Waals surface area contributed by atoms with Crippen LogP contribution in [0.4, 0.5) is 0 Å². The minimum Gasteiger partial charge on any atom is -0.379 e. The van der Waals surface area contributed by atoms with Gasteiger partial charge >= 0.3 is 5.97 Å². The first kappa shape index (κ1) is 9.39. The quantitative estimate of drug-likeness (QED) is 0.548. The van der Waals surface area contributed by atoms with Crippen molar-refractivity contribution in [2.75, 3.05) is 14.1 Å². The van der Waals surface area contributed by atoms with E-state index in [1.54, 1.807) is 14.1 Å². The molecule has 60 valence electrons. The normalized spacial score (nSPS) is 11.8. The summed E-state index contributed by atoms with van der Waals surface area (Å²) in [7, 11) is 3.15. The predicted molar refractivity (Wildman–Crippen MR) is 36.1 cm³/mol. The second-order valence-electron chi connectivity index (χ2n) is 2.75. The number of hydroxylamine groups is 2. The second kappa shape index (κ2) is 2.98. The lowest BCUT2D eigenvalue weighted by Crippen LogP contribution is -2.36. The van der Waals surface area contributed by atoms with E-state index < -0.39 is 11.6 Å². The molecule has 0 atom stereocenters. The summed E-state index contributed by atoms with van der Waals surface area (Å²) in [6.45, 7) is 2.75. The molecular formula is C6H13NO3. The fourth-order valence-corrected chi connectivity index (χ4v) is 0.278. The van der Waals surface area contributed by atoms with Crippen LogP contribution in [0.1, 0.15) is 13.8 Å². The molecule has 0 heterocycles. The van der Waals surface area contributed by atoms with Gasteiger partial charge in [-0.1, -0.05) is 0 Å². The monoisotopic (exact) mass is 147 g/mol. The van der Waals surface area contributed by atoms with Crippen LogP contribution in [0.25, 0.3) is 0 Å². The maximum atomic E-state index is 10.8. The van der Waals surface area contributed by atoms with Gasteiger partial charge in [0, 0.05) is 14.1 Å². The van der Waals surface area contributed by atoms with Crippen molar-refractivity contribution < 1.29 is 14.7 Å². The van der Waals surface area contributed by atoms with Crippen LogP contribution in [0.3, 0.4) is 0 Å². The molecule has 0 aromatic rings. The van der Waals surface area contributed by atoms with Gasteiger partial charge in [-0.3, -0.25) is 0 Å². The number of rotatable bonds is 2. The second-order valence-corrected chi connectivity index (χ2v) is 2.75. The fourth-order valence-electron chi connectivity index (χ4n) is 0.278. The summed E-state index contributed by atoms with van der Waals surface area (Å²) in [5, 5.41) is 10.3. The van der Waals surface area contributed by atoms with Gasteiger partial charge in [0.15, 0.2) is 5.60 Å². The third-order valence-electron chi connectivity index (χ3n) is 0.765. The van der Waals surface area contributed by atoms with E-state index in [4.69, 9.17) is 5.11 Å². The standard InChI is InChI=1S/C6H13NO3/c1-6(2,9)5(8)10-7(3)4/h9H,1-4H3. The van der Waals surface area contributed by atoms with Crippen LogP contribution in [0.5, 0.6) is 0 Å². The van der Waals surface area contributed by atoms with E-state index in [0.717, 1.165) is 0 Å². The van der Waals surface area contributed by atoms with E-state index in [2.05, 4.69) is 4.84 Å². The van der Waals surface area contributed by atoms with Crippen molar-refractivity contribution in [3.8, 4) is 0 Å². The summed E-state index contributed by atoms with van der Waals surface area (Å²) < 4.78 is 0. The Morgan fingerprint density at radius 1 is 1.50 bits per heavy atom. The Morgan fingerprint density at radius 2 is 1.90 bits per heavy atom. The molecule has 0 aliphatic rings. The van der Waals surface area contributed by atoms with E-state index >= 15 is 0 Å². The zero-order chi connectivity index (χ0) is 8.36. The van der Waals surface area contributed by atoms with Gasteiger partial charge in [-0.05, 0) is 13.8 Å². The van der Waals surface area contributed by atoms with Crippen LogP contribution >= 0.6 is 0 Å². The Labute approximate surface area is 60.3 Å². The van der Waals surface area contributed by atoms with Crippen molar-refractivity contribution in [3.63, 3.8) is 0 Å². The van der Waals surface area contributed by atoms with Gasteiger partial charge < -0.3 is 9.94 Å². The lowest BCUT2D eigenvalue weighted by atomic mass is 10.1. The molecule has 0 saturated heterocycles. The Kier molecular flexibility index (Phi) is 2.80. The largest absolute Gasteiger partial charge is 0.379 e. The minimum atomic E-state index is -1.41. The van der Waals surface area contributed by atoms with E-state index in [9.17, 15) is 4.79 Å². The molecule has 4 nitrogen and oxygen atoms in total. The van der Waals surface area contributed by atoms with Crippen molar-refractivity contribution in [3.05, 3.63) is 0 Å². The number of hydrogen-bond donors (Lipinski definition) is 1. The maximum absolute atomic E-state index is 10.8. The lowest BCUT2D eigenvalue weighted by molar-refractivity contribution is -0.196. The van der Waals surface area contributed by atoms with Gasteiger partial charge in [0.2, 0.25) is 0 Å². The molecule has 0 rings (SSSR count). The summed E-state index contributed by atoms with van der Waals surface area (Å²) >= 11 is 0. The molecule has 0 unspecified atom stereocenters. The van der Waals surface area contributed by atoms with Gasteiger partial charge in [0.1, 0.15) is 0 Å². The summed E-state index contributed by atoms with van der Waals surface area (Å²) in [6, 6.07) is 0. The first-order valence-electron chi connectivity index (χ1n) is 2.96. The average molecular weight is 147 g/mol. The van der Waals surface area contributed by atoms with Gasteiger partial charge in [-0.15, -0.1) is 5.06 Å². The molecule has 0 amide bonds. The van der Waals surface area contributed by atoms with Crippen LogP contribution in [0.2, 0.25) is 0 Å². The van der Waals surface area contributed by atoms with Crippen LogP contribution in [-0.2, 0) is 9.63 Å². The van der Waals surface area contributed by atoms with Crippen molar-refractivity contribution >= 4 is 5.97 Å². The Hall–Kier alpha value is -0.610. The van der Waals surface area contributed by atoms with Crippen LogP contribution in [0, 0.1) is 0 Å². The summed E-state index contributed by atoms with van der Waals surface area (Å²) in [4.78, 5) is 15.3. The highest BCUT2D eigenvalue weighted by atomic mass is 16.7. The zero-order valence-corrected chi connectivity index (χ0v) is 6.71. The maximum Gasteiger partial charge on any atom is 0.356 e. The van der Waals surface area contributed by atoms with Crippen molar-refractivity contribution in [1.82, 2.24) is 5.06 Å². The van der Waals surface area contributed by atoms with Gasteiger partial charge in [-0.25, -0.2) is 4.79 Å². The van der Waals surface area contributed by atoms with Gasteiger partial charge in [0.25, 0.3) is 0 Å². The molecule has 0 aromatic carbocycles. The Morgan fingerprint density at radius 3 is 2.00 bits per heavy atom. The molecule has 0 bridgehead atoms. The van der Waals surface area contributed by atoms with Gasteiger partial charge in [0.05, 0.1) is 0 Å². The topological polar surface area (TPSA) is 49.8 Å². The predicted octanol–water partition coefficient (Wildman–Crippen LogP) is -0.223. The summed E-state index contributed by atoms with van der Waals surface area (Å²) in [5.41, 5.74) is -1.41. The first-order valence-corrected chi connectivity index (χ1v) is 2.96. The highest BCUT2D eigenvalue weighted by molar-refractivity contribution is 5.77. The molecule has 0 radical (unpaired) electrons. The lowest BCUT2D eigenvalue weighted by Gasteiger charge is -2.17. The smallest absolute Gasteiger partial charge is 0.356 e. The van der Waals surface area contributed by atoms with Crippen molar-refractivity contribution in [1.29, 1.82) is 0 Å². The van der Waals surface area contributed by atoms with Crippen LogP contribution < -0.4 is 0 Å². The summed E-state index contributed by atoms with van der Waals surface area (Å²) in [5.74, 6) is -0.655. The SMILES string of the molecule is CN(C)OC(=O)C(C)(C)O. The molecule has 0 aliphatic heterocycles. The van der Waals surface area contributed by atoms with E-state index in [1.165, 1.54) is 18.9 Å². The number of nitrogens with zero attached hydrogens (tertiary/aromatic N) is 1. The van der Waals surface area contributed by atoms with Gasteiger partial charge in [-0.2, -0.15) is 0 Å². The third kappa shape index (κ3) is 3.42. The number of hydrogen-bond acceptors (Lipinski definition) is 4. The number of carbonyl (C=O) groups is 1. The fraction of sp³-hybridized carbons (Fsp3) is 0.833. The first-order chi connectivity index (χ1) is 4.34. The zero-order valence-electron chi connectivity index (χ0n) is 6.71. The van der Waals surface area contributed by atoms with Crippen LogP contribution in [-0.4, -0.2) is 35.8 Å². The molecule has 1 N–H and O–H groups in total. The third-order valence-corrected chi connectivity index (χ3v) is 0.765. The van der Waals surface area contributed by atoms with E-state index in [1.807, 2.05) is 0 Å². The Bertz CT molecular complexity index is 125. The number of carbonyl (C=O) groups excluding carboxylic acids is 1. The molecule has 0 aliphatic carbocycles. The number of aliphatic hydroxyl groups is 1. The van der Waals surface area contributed by atoms with Crippen molar-refractivity contribution in [2.24, 2.45) is 0 Å². The molecule has 0 fully saturated rings. The molecule has 0 saturated carbocycles. The highest BCUT2D eigenvalue weighted by Crippen LogP contribution is 2.03. The molecule has 0 spiro atoms. The molecular weight excluding hydrogens is 134 g/mol. The minimum absolute atomic E-state index is 0.655. The molecule has 0 aromatic heterocycles. The summed E-state index contributed by atoms with van der Waals surface area (Å²) in [6.07, 6.45) is 0. The molecule has 10 heavy (non-hydrogen) atoms. The molecule has 4 heteroatoms. The van der Waals surface area contributed by atoms with E-state index in [-0.39, 0.29) is 0 Å². The Balaban J connectivity index is 3.87. The van der Waals surface area contributed by atoms with Crippen molar-refractivity contribution in [2.45, 2.75) is 19.4 Å². The highest BCUT2D eigenvalue weighted by Gasteiger charge is 2.26.